The van der Waals surface area contributed by atoms with Gasteiger partial charge in [-0.2, -0.15) is 0 Å². The van der Waals surface area contributed by atoms with Crippen molar-refractivity contribution in [2.75, 3.05) is 6.61 Å². The van der Waals surface area contributed by atoms with Gasteiger partial charge >= 0.3 is 0 Å². The molecule has 0 unspecified atom stereocenters. The van der Waals surface area contributed by atoms with Crippen LogP contribution in [0.4, 0.5) is 0 Å². The summed E-state index contributed by atoms with van der Waals surface area (Å²) in [5, 5.41) is 22.3. The van der Waals surface area contributed by atoms with Gasteiger partial charge in [0.15, 0.2) is 0 Å². The van der Waals surface area contributed by atoms with E-state index in [0.29, 0.717) is 6.42 Å². The zero-order valence-electron chi connectivity index (χ0n) is 18.6. The van der Waals surface area contributed by atoms with Gasteiger partial charge in [0, 0.05) is 6.42 Å². The van der Waals surface area contributed by atoms with Gasteiger partial charge in [0.05, 0.1) is 18.8 Å². The third kappa shape index (κ3) is 17.2. The minimum atomic E-state index is -0.826. The standard InChI is InChI=1S/C24H47NO3/c1-3-5-7-8-9-10-11-12-13-14-15-16-18-19-23(27)22(21-26)25-24(28)20-17-6-4-2/h18-19,22-23,26-27H,3-17,20-21H2,1-2H3,(H,25,28)/b19-18-/t22-,23+/m1/s1. The number of rotatable bonds is 20. The minimum absolute atomic E-state index is 0.0923. The Hall–Kier alpha value is -0.870. The van der Waals surface area contributed by atoms with Crippen LogP contribution in [0.2, 0.25) is 0 Å². The van der Waals surface area contributed by atoms with Gasteiger partial charge in [-0.15, -0.1) is 0 Å². The normalized spacial score (nSPS) is 13.7. The molecule has 0 saturated carbocycles. The van der Waals surface area contributed by atoms with Crippen LogP contribution in [0.1, 0.15) is 117 Å². The van der Waals surface area contributed by atoms with Crippen LogP contribution in [-0.2, 0) is 4.79 Å². The van der Waals surface area contributed by atoms with Gasteiger partial charge in [-0.1, -0.05) is 103 Å². The molecule has 0 aromatic rings. The van der Waals surface area contributed by atoms with Crippen LogP contribution in [0.15, 0.2) is 12.2 Å². The molecule has 0 fully saturated rings. The van der Waals surface area contributed by atoms with E-state index >= 15 is 0 Å². The zero-order valence-corrected chi connectivity index (χ0v) is 18.6. The second-order valence-corrected chi connectivity index (χ2v) is 8.06. The number of hydrogen-bond acceptors (Lipinski definition) is 3. The minimum Gasteiger partial charge on any atom is -0.394 e. The Bertz CT molecular complexity index is 371. The molecule has 0 aliphatic carbocycles. The number of carbonyl (C=O) groups excluding carboxylic acids is 1. The summed E-state index contributed by atoms with van der Waals surface area (Å²) in [4.78, 5) is 11.8. The van der Waals surface area contributed by atoms with Gasteiger partial charge in [-0.25, -0.2) is 0 Å². The van der Waals surface area contributed by atoms with Gasteiger partial charge < -0.3 is 15.5 Å². The second-order valence-electron chi connectivity index (χ2n) is 8.06. The molecule has 0 aliphatic heterocycles. The number of nitrogens with one attached hydrogen (secondary N) is 1. The van der Waals surface area contributed by atoms with E-state index in [-0.39, 0.29) is 12.5 Å². The molecule has 0 rings (SSSR count). The highest BCUT2D eigenvalue weighted by Crippen LogP contribution is 2.12. The van der Waals surface area contributed by atoms with E-state index in [1.54, 1.807) is 6.08 Å². The fourth-order valence-electron chi connectivity index (χ4n) is 3.35. The quantitative estimate of drug-likeness (QED) is 0.183. The van der Waals surface area contributed by atoms with Crippen LogP contribution in [0, 0.1) is 0 Å². The molecule has 0 spiro atoms. The molecule has 0 bridgehead atoms. The maximum absolute atomic E-state index is 11.8. The molecule has 1 amide bonds. The molecule has 0 aromatic carbocycles. The Morgan fingerprint density at radius 3 is 1.86 bits per heavy atom. The molecule has 4 heteroatoms. The number of aliphatic hydroxyl groups is 2. The first-order valence-electron chi connectivity index (χ1n) is 11.9. The molecule has 28 heavy (non-hydrogen) atoms. The molecule has 0 heterocycles. The molecule has 2 atom stereocenters. The molecule has 0 saturated heterocycles. The summed E-state index contributed by atoms with van der Waals surface area (Å²) in [5.41, 5.74) is 0. The predicted molar refractivity (Wildman–Crippen MR) is 119 cm³/mol. The van der Waals surface area contributed by atoms with Crippen LogP contribution in [-0.4, -0.2) is 34.9 Å². The van der Waals surface area contributed by atoms with E-state index < -0.39 is 12.1 Å². The van der Waals surface area contributed by atoms with Crippen molar-refractivity contribution in [3.05, 3.63) is 12.2 Å². The predicted octanol–water partition coefficient (Wildman–Crippen LogP) is 5.66. The summed E-state index contributed by atoms with van der Waals surface area (Å²) in [6, 6.07) is -0.609. The molecule has 0 aromatic heterocycles. The Morgan fingerprint density at radius 1 is 0.821 bits per heavy atom. The van der Waals surface area contributed by atoms with Crippen molar-refractivity contribution >= 4 is 5.91 Å². The van der Waals surface area contributed by atoms with E-state index in [9.17, 15) is 15.0 Å². The van der Waals surface area contributed by atoms with E-state index in [1.807, 2.05) is 6.08 Å². The molecule has 0 aliphatic rings. The number of carbonyl (C=O) groups is 1. The third-order valence-electron chi connectivity index (χ3n) is 5.27. The lowest BCUT2D eigenvalue weighted by molar-refractivity contribution is -0.123. The summed E-state index contributed by atoms with van der Waals surface area (Å²) in [5.74, 6) is -0.0923. The van der Waals surface area contributed by atoms with Gasteiger partial charge in [0.2, 0.25) is 5.91 Å². The highest BCUT2D eigenvalue weighted by molar-refractivity contribution is 5.76. The number of aliphatic hydroxyl groups excluding tert-OH is 2. The average Bonchev–Trinajstić information content (AvgIpc) is 2.69. The van der Waals surface area contributed by atoms with Gasteiger partial charge in [0.25, 0.3) is 0 Å². The van der Waals surface area contributed by atoms with Crippen molar-refractivity contribution in [1.82, 2.24) is 5.32 Å². The summed E-state index contributed by atoms with van der Waals surface area (Å²) < 4.78 is 0. The summed E-state index contributed by atoms with van der Waals surface area (Å²) in [6.45, 7) is 4.11. The lowest BCUT2D eigenvalue weighted by Gasteiger charge is -2.19. The highest BCUT2D eigenvalue weighted by atomic mass is 16.3. The van der Waals surface area contributed by atoms with E-state index in [2.05, 4.69) is 19.2 Å². The van der Waals surface area contributed by atoms with Crippen molar-refractivity contribution in [2.24, 2.45) is 0 Å². The molecule has 3 N–H and O–H groups in total. The van der Waals surface area contributed by atoms with Crippen LogP contribution >= 0.6 is 0 Å². The van der Waals surface area contributed by atoms with Crippen molar-refractivity contribution in [3.8, 4) is 0 Å². The first-order chi connectivity index (χ1) is 13.7. The number of allylic oxidation sites excluding steroid dienone is 1. The summed E-state index contributed by atoms with van der Waals surface area (Å²) in [7, 11) is 0. The highest BCUT2D eigenvalue weighted by Gasteiger charge is 2.17. The number of amides is 1. The van der Waals surface area contributed by atoms with Crippen LogP contribution in [0.3, 0.4) is 0 Å². The lowest BCUT2D eigenvalue weighted by Crippen LogP contribution is -2.45. The first kappa shape index (κ1) is 27.1. The molecular weight excluding hydrogens is 350 g/mol. The molecule has 4 nitrogen and oxygen atoms in total. The maximum Gasteiger partial charge on any atom is 0.220 e. The van der Waals surface area contributed by atoms with Crippen LogP contribution in [0.5, 0.6) is 0 Å². The monoisotopic (exact) mass is 397 g/mol. The number of unbranched alkanes of at least 4 members (excludes halogenated alkanes) is 13. The Labute approximate surface area is 174 Å². The Kier molecular flexibility index (Phi) is 20.2. The molecular formula is C24H47NO3. The van der Waals surface area contributed by atoms with Gasteiger partial charge in [0.1, 0.15) is 0 Å². The fourth-order valence-corrected chi connectivity index (χ4v) is 3.35. The third-order valence-corrected chi connectivity index (χ3v) is 5.27. The first-order valence-corrected chi connectivity index (χ1v) is 11.9. The second kappa shape index (κ2) is 20.9. The van der Waals surface area contributed by atoms with Crippen molar-refractivity contribution in [2.45, 2.75) is 129 Å². The Morgan fingerprint density at radius 2 is 1.32 bits per heavy atom. The molecule has 166 valence electrons. The maximum atomic E-state index is 11.8. The van der Waals surface area contributed by atoms with Crippen LogP contribution in [0.25, 0.3) is 0 Å². The summed E-state index contributed by atoms with van der Waals surface area (Å²) in [6.07, 6.45) is 21.8. The van der Waals surface area contributed by atoms with Crippen molar-refractivity contribution < 1.29 is 15.0 Å². The zero-order chi connectivity index (χ0) is 20.9. The summed E-state index contributed by atoms with van der Waals surface area (Å²) >= 11 is 0. The van der Waals surface area contributed by atoms with Gasteiger partial charge in [-0.3, -0.25) is 4.79 Å². The fraction of sp³-hybridized carbons (Fsp3) is 0.875. The van der Waals surface area contributed by atoms with E-state index in [1.165, 1.54) is 64.2 Å². The largest absolute Gasteiger partial charge is 0.394 e. The SMILES string of the molecule is CCCCCCCCCCCCC/C=C\[C@H](O)[C@@H](CO)NC(=O)CCCCC. The van der Waals surface area contributed by atoms with Crippen molar-refractivity contribution in [1.29, 1.82) is 0 Å². The average molecular weight is 398 g/mol. The number of hydrogen-bond donors (Lipinski definition) is 3. The topological polar surface area (TPSA) is 69.6 Å². The van der Waals surface area contributed by atoms with E-state index in [0.717, 1.165) is 32.1 Å². The Balaban J connectivity index is 3.66. The lowest BCUT2D eigenvalue weighted by atomic mass is 10.0. The molecule has 0 radical (unpaired) electrons. The van der Waals surface area contributed by atoms with Gasteiger partial charge in [-0.05, 0) is 19.3 Å². The smallest absolute Gasteiger partial charge is 0.220 e. The van der Waals surface area contributed by atoms with E-state index in [4.69, 9.17) is 0 Å². The van der Waals surface area contributed by atoms with Crippen LogP contribution < -0.4 is 5.32 Å². The van der Waals surface area contributed by atoms with Crippen molar-refractivity contribution in [3.63, 3.8) is 0 Å².